The molecule has 0 spiro atoms. The smallest absolute Gasteiger partial charge is 0.215 e. The second-order valence-electron chi connectivity index (χ2n) is 2.26. The molecule has 0 aliphatic heterocycles. The number of hydrogen-bond donors (Lipinski definition) is 2. The molecule has 0 atom stereocenters. The Hall–Kier alpha value is -0.580. The molecular formula is C8H8BrClN2O. The SMILES string of the molecule is N=C(OCN)c1ccc(Cl)cc1Br. The summed E-state index contributed by atoms with van der Waals surface area (Å²) in [6.45, 7) is -0.00605. The van der Waals surface area contributed by atoms with E-state index in [4.69, 9.17) is 27.5 Å². The zero-order chi connectivity index (χ0) is 9.84. The molecule has 1 aromatic rings. The Kier molecular flexibility index (Phi) is 3.71. The molecule has 5 heteroatoms. The van der Waals surface area contributed by atoms with E-state index in [0.717, 1.165) is 4.47 Å². The van der Waals surface area contributed by atoms with Gasteiger partial charge in [-0.15, -0.1) is 0 Å². The molecule has 3 N–H and O–H groups in total. The lowest BCUT2D eigenvalue weighted by Gasteiger charge is -2.06. The third-order valence-corrected chi connectivity index (χ3v) is 2.29. The van der Waals surface area contributed by atoms with E-state index in [1.165, 1.54) is 0 Å². The zero-order valence-electron chi connectivity index (χ0n) is 6.68. The standard InChI is InChI=1S/C8H8BrClN2O/c9-7-3-5(10)1-2-6(7)8(12)13-4-11/h1-3,12H,4,11H2. The molecule has 0 saturated heterocycles. The molecule has 0 amide bonds. The summed E-state index contributed by atoms with van der Waals surface area (Å²) in [5, 5.41) is 8.07. The van der Waals surface area contributed by atoms with Gasteiger partial charge >= 0.3 is 0 Å². The Labute approximate surface area is 89.5 Å². The van der Waals surface area contributed by atoms with Crippen LogP contribution in [0.4, 0.5) is 0 Å². The predicted molar refractivity (Wildman–Crippen MR) is 56.1 cm³/mol. The first-order valence-electron chi connectivity index (χ1n) is 3.52. The van der Waals surface area contributed by atoms with Crippen LogP contribution in [0.1, 0.15) is 5.56 Å². The average molecular weight is 264 g/mol. The fourth-order valence-corrected chi connectivity index (χ4v) is 1.70. The highest BCUT2D eigenvalue weighted by atomic mass is 79.9. The molecular weight excluding hydrogens is 255 g/mol. The maximum Gasteiger partial charge on any atom is 0.215 e. The van der Waals surface area contributed by atoms with Crippen molar-refractivity contribution in [2.24, 2.45) is 5.73 Å². The van der Waals surface area contributed by atoms with Crippen LogP contribution >= 0.6 is 27.5 Å². The molecule has 0 radical (unpaired) electrons. The monoisotopic (exact) mass is 262 g/mol. The molecule has 70 valence electrons. The van der Waals surface area contributed by atoms with Crippen LogP contribution < -0.4 is 5.73 Å². The topological polar surface area (TPSA) is 59.1 Å². The van der Waals surface area contributed by atoms with Gasteiger partial charge in [0.15, 0.2) is 0 Å². The molecule has 0 aromatic heterocycles. The van der Waals surface area contributed by atoms with E-state index in [0.29, 0.717) is 10.6 Å². The Balaban J connectivity index is 2.95. The van der Waals surface area contributed by atoms with Crippen molar-refractivity contribution in [3.63, 3.8) is 0 Å². The van der Waals surface area contributed by atoms with Crippen molar-refractivity contribution in [1.29, 1.82) is 5.41 Å². The number of halogens is 2. The largest absolute Gasteiger partial charge is 0.462 e. The van der Waals surface area contributed by atoms with Crippen LogP contribution in [0.5, 0.6) is 0 Å². The van der Waals surface area contributed by atoms with Gasteiger partial charge in [-0.2, -0.15) is 0 Å². The number of nitrogens with one attached hydrogen (secondary N) is 1. The minimum Gasteiger partial charge on any atom is -0.462 e. The zero-order valence-corrected chi connectivity index (χ0v) is 9.02. The number of rotatable bonds is 2. The quantitative estimate of drug-likeness (QED) is 0.489. The highest BCUT2D eigenvalue weighted by Gasteiger charge is 2.06. The average Bonchev–Trinajstić information content (AvgIpc) is 2.04. The van der Waals surface area contributed by atoms with Gasteiger partial charge in [0, 0.05) is 9.50 Å². The van der Waals surface area contributed by atoms with Crippen molar-refractivity contribution in [2.75, 3.05) is 6.73 Å². The van der Waals surface area contributed by atoms with Crippen LogP contribution in [0.2, 0.25) is 5.02 Å². The number of benzene rings is 1. The van der Waals surface area contributed by atoms with Crippen LogP contribution in [0.15, 0.2) is 22.7 Å². The third kappa shape index (κ3) is 2.69. The van der Waals surface area contributed by atoms with Crippen molar-refractivity contribution in [3.05, 3.63) is 33.3 Å². The molecule has 1 rings (SSSR count). The van der Waals surface area contributed by atoms with E-state index in [1.54, 1.807) is 18.2 Å². The van der Waals surface area contributed by atoms with E-state index in [2.05, 4.69) is 15.9 Å². The summed E-state index contributed by atoms with van der Waals surface area (Å²) in [5.74, 6) is 0.0334. The lowest BCUT2D eigenvalue weighted by atomic mass is 10.2. The van der Waals surface area contributed by atoms with E-state index in [1.807, 2.05) is 0 Å². The van der Waals surface area contributed by atoms with Gasteiger partial charge in [-0.1, -0.05) is 11.6 Å². The van der Waals surface area contributed by atoms with Crippen molar-refractivity contribution in [2.45, 2.75) is 0 Å². The Morgan fingerprint density at radius 1 is 1.62 bits per heavy atom. The van der Waals surface area contributed by atoms with Gasteiger partial charge in [-0.3, -0.25) is 11.1 Å². The summed E-state index contributed by atoms with van der Waals surface area (Å²) in [4.78, 5) is 0. The molecule has 13 heavy (non-hydrogen) atoms. The van der Waals surface area contributed by atoms with Gasteiger partial charge in [0.05, 0.1) is 5.56 Å². The minimum atomic E-state index is -0.00605. The first-order valence-corrected chi connectivity index (χ1v) is 4.69. The second kappa shape index (κ2) is 4.60. The summed E-state index contributed by atoms with van der Waals surface area (Å²) < 4.78 is 5.56. The molecule has 0 fully saturated rings. The van der Waals surface area contributed by atoms with Crippen LogP contribution in [-0.2, 0) is 4.74 Å². The molecule has 0 saturated carbocycles. The van der Waals surface area contributed by atoms with Crippen molar-refractivity contribution >= 4 is 33.4 Å². The Morgan fingerprint density at radius 2 is 2.31 bits per heavy atom. The van der Waals surface area contributed by atoms with Gasteiger partial charge in [-0.25, -0.2) is 0 Å². The van der Waals surface area contributed by atoms with E-state index >= 15 is 0 Å². The molecule has 0 bridgehead atoms. The summed E-state index contributed by atoms with van der Waals surface area (Å²) in [6.07, 6.45) is 0. The summed E-state index contributed by atoms with van der Waals surface area (Å²) in [7, 11) is 0. The fraction of sp³-hybridized carbons (Fsp3) is 0.125. The molecule has 1 aromatic carbocycles. The summed E-state index contributed by atoms with van der Waals surface area (Å²) >= 11 is 9.00. The third-order valence-electron chi connectivity index (χ3n) is 1.40. The molecule has 0 aliphatic carbocycles. The van der Waals surface area contributed by atoms with Crippen molar-refractivity contribution < 1.29 is 4.74 Å². The van der Waals surface area contributed by atoms with Crippen LogP contribution in [0, 0.1) is 5.41 Å². The summed E-state index contributed by atoms with van der Waals surface area (Å²) in [6, 6.07) is 5.09. The highest BCUT2D eigenvalue weighted by Crippen LogP contribution is 2.21. The molecule has 0 aliphatic rings. The molecule has 0 unspecified atom stereocenters. The van der Waals surface area contributed by atoms with Crippen LogP contribution in [0.25, 0.3) is 0 Å². The Bertz CT molecular complexity index is 330. The predicted octanol–water partition coefficient (Wildman–Crippen LogP) is 2.36. The van der Waals surface area contributed by atoms with Gasteiger partial charge < -0.3 is 4.74 Å². The minimum absolute atomic E-state index is 0.00605. The number of nitrogens with two attached hydrogens (primary N) is 1. The first kappa shape index (κ1) is 10.5. The lowest BCUT2D eigenvalue weighted by molar-refractivity contribution is 0.315. The maximum absolute atomic E-state index is 7.47. The first-order chi connectivity index (χ1) is 6.15. The van der Waals surface area contributed by atoms with E-state index in [9.17, 15) is 0 Å². The van der Waals surface area contributed by atoms with E-state index < -0.39 is 0 Å². The second-order valence-corrected chi connectivity index (χ2v) is 3.56. The highest BCUT2D eigenvalue weighted by molar-refractivity contribution is 9.10. The number of ether oxygens (including phenoxy) is 1. The number of hydrogen-bond acceptors (Lipinski definition) is 3. The van der Waals surface area contributed by atoms with Crippen molar-refractivity contribution in [3.8, 4) is 0 Å². The van der Waals surface area contributed by atoms with Crippen LogP contribution in [0.3, 0.4) is 0 Å². The van der Waals surface area contributed by atoms with Gasteiger partial charge in [0.1, 0.15) is 6.73 Å². The summed E-state index contributed by atoms with van der Waals surface area (Å²) in [5.41, 5.74) is 5.78. The van der Waals surface area contributed by atoms with Gasteiger partial charge in [-0.05, 0) is 34.1 Å². The van der Waals surface area contributed by atoms with E-state index in [-0.39, 0.29) is 12.6 Å². The van der Waals surface area contributed by atoms with Gasteiger partial charge in [0.2, 0.25) is 5.90 Å². The molecule has 3 nitrogen and oxygen atoms in total. The lowest BCUT2D eigenvalue weighted by Crippen LogP contribution is -2.12. The maximum atomic E-state index is 7.47. The van der Waals surface area contributed by atoms with Crippen molar-refractivity contribution in [1.82, 2.24) is 0 Å². The van der Waals surface area contributed by atoms with Crippen LogP contribution in [-0.4, -0.2) is 12.6 Å². The fourth-order valence-electron chi connectivity index (χ4n) is 0.835. The normalized spacial score (nSPS) is 9.77. The molecule has 0 heterocycles. The Morgan fingerprint density at radius 3 is 2.85 bits per heavy atom. The van der Waals surface area contributed by atoms with Gasteiger partial charge in [0.25, 0.3) is 0 Å².